The fourth-order valence-electron chi connectivity index (χ4n) is 15.8. The van der Waals surface area contributed by atoms with Crippen molar-refractivity contribution in [2.24, 2.45) is 0 Å². The highest BCUT2D eigenvalue weighted by atomic mass is 15.1. The van der Waals surface area contributed by atoms with Crippen LogP contribution in [0.4, 0.5) is 0 Å². The number of hydrogen-bond acceptors (Lipinski definition) is 0. The zero-order valence-corrected chi connectivity index (χ0v) is 50.6. The van der Waals surface area contributed by atoms with E-state index in [1.54, 1.807) is 0 Å². The van der Waals surface area contributed by atoms with Gasteiger partial charge in [0.25, 0.3) is 6.71 Å². The maximum absolute atomic E-state index is 2.82. The van der Waals surface area contributed by atoms with Crippen LogP contribution in [0.5, 0.6) is 0 Å². The topological polar surface area (TPSA) is 9.86 Å². The second-order valence-corrected chi connectivity index (χ2v) is 30.1. The molecule has 12 aromatic rings. The van der Waals surface area contributed by atoms with Gasteiger partial charge in [-0.1, -0.05) is 237 Å². The molecule has 1 spiro atoms. The molecular weight excluding hydrogens is 988 g/mol. The summed E-state index contributed by atoms with van der Waals surface area (Å²) in [4.78, 5) is 0. The molecule has 0 saturated carbocycles. The normalized spacial score (nSPS) is 14.8. The van der Waals surface area contributed by atoms with E-state index in [-0.39, 0.29) is 33.8 Å². The van der Waals surface area contributed by atoms with Crippen LogP contribution in [-0.4, -0.2) is 15.8 Å². The van der Waals surface area contributed by atoms with Gasteiger partial charge in [-0.25, -0.2) is 0 Å². The predicted octanol–water partition coefficient (Wildman–Crippen LogP) is 18.7. The van der Waals surface area contributed by atoms with E-state index in [1.165, 1.54) is 166 Å². The van der Waals surface area contributed by atoms with Crippen molar-refractivity contribution in [3.8, 4) is 44.8 Å². The fraction of sp³-hybridized carbons (Fsp3) is 0.266. The third kappa shape index (κ3) is 6.38. The minimum absolute atomic E-state index is 0.0391. The average Bonchev–Trinajstić information content (AvgIpc) is 1.38. The number of fused-ring (bicyclic) bond motifs is 15. The second kappa shape index (κ2) is 15.8. The maximum Gasteiger partial charge on any atom is 0.252 e. The lowest BCUT2D eigenvalue weighted by Crippen LogP contribution is -2.61. The van der Waals surface area contributed by atoms with Crippen LogP contribution in [0.3, 0.4) is 0 Å². The van der Waals surface area contributed by atoms with Crippen molar-refractivity contribution >= 4 is 77.5 Å². The third-order valence-electron chi connectivity index (χ3n) is 20.0. The molecule has 2 nitrogen and oxygen atoms in total. The Morgan fingerprint density at radius 2 is 0.805 bits per heavy atom. The second-order valence-electron chi connectivity index (χ2n) is 30.1. The molecule has 4 aliphatic rings. The summed E-state index contributed by atoms with van der Waals surface area (Å²) in [6.07, 6.45) is 0. The van der Waals surface area contributed by atoms with Crippen LogP contribution < -0.4 is 16.4 Å². The fourth-order valence-corrected chi connectivity index (χ4v) is 15.8. The molecule has 2 aromatic heterocycles. The minimum atomic E-state index is -0.662. The molecule has 0 amide bonds. The first-order chi connectivity index (χ1) is 38.8. The molecule has 3 heteroatoms. The molecule has 0 N–H and O–H groups in total. The van der Waals surface area contributed by atoms with Gasteiger partial charge in [-0.2, -0.15) is 0 Å². The molecule has 82 heavy (non-hydrogen) atoms. The molecule has 3 aliphatic heterocycles. The molecule has 0 bridgehead atoms. The van der Waals surface area contributed by atoms with Gasteiger partial charge in [-0.15, -0.1) is 0 Å². The van der Waals surface area contributed by atoms with Crippen molar-refractivity contribution in [3.63, 3.8) is 0 Å². The molecule has 402 valence electrons. The first-order valence-electron chi connectivity index (χ1n) is 30.2. The van der Waals surface area contributed by atoms with Crippen LogP contribution in [0.25, 0.3) is 99.1 Å². The lowest BCUT2D eigenvalue weighted by molar-refractivity contribution is 0.588. The number of aromatic nitrogens is 2. The van der Waals surface area contributed by atoms with Crippen LogP contribution in [0.15, 0.2) is 170 Å². The molecule has 5 heterocycles. The monoisotopic (exact) mass is 1060 g/mol. The van der Waals surface area contributed by atoms with Crippen LogP contribution in [0, 0.1) is 0 Å². The van der Waals surface area contributed by atoms with E-state index in [2.05, 4.69) is 283 Å². The highest BCUT2D eigenvalue weighted by molar-refractivity contribution is 7.00. The SMILES string of the molecule is CC(C)(C)c1ccc(-c2cccc3cccc(-c4cc5c6c7c4-n4c8ccc(C(C)(C)C)cc8c8cc(C(C)(C)C)cc(c84)B7c4cc(C(C)(C)C)cc7c8cc(C(C)(C)C)cc(c8n-6c47)C54c5ccccc5-c5ccccc54)c23)cc1. The summed E-state index contributed by atoms with van der Waals surface area (Å²) in [5, 5.41) is 7.93. The Morgan fingerprint density at radius 1 is 0.329 bits per heavy atom. The molecular formula is C79H73BN2. The predicted molar refractivity (Wildman–Crippen MR) is 353 cm³/mol. The van der Waals surface area contributed by atoms with E-state index < -0.39 is 5.41 Å². The molecule has 0 unspecified atom stereocenters. The van der Waals surface area contributed by atoms with Gasteiger partial charge >= 0.3 is 0 Å². The Labute approximate surface area is 484 Å². The molecule has 0 fully saturated rings. The van der Waals surface area contributed by atoms with E-state index in [0.29, 0.717) is 0 Å². The Balaban J connectivity index is 1.20. The summed E-state index contributed by atoms with van der Waals surface area (Å²) in [5.41, 5.74) is 31.2. The van der Waals surface area contributed by atoms with Crippen molar-refractivity contribution < 1.29 is 0 Å². The number of rotatable bonds is 2. The lowest BCUT2D eigenvalue weighted by Gasteiger charge is -2.45. The lowest BCUT2D eigenvalue weighted by atomic mass is 9.33. The molecule has 16 rings (SSSR count). The summed E-state index contributed by atoms with van der Waals surface area (Å²) >= 11 is 0. The minimum Gasteiger partial charge on any atom is -0.310 e. The zero-order valence-electron chi connectivity index (χ0n) is 50.6. The largest absolute Gasteiger partial charge is 0.310 e. The highest BCUT2D eigenvalue weighted by Crippen LogP contribution is 2.63. The Bertz CT molecular complexity index is 4810. The van der Waals surface area contributed by atoms with E-state index >= 15 is 0 Å². The molecule has 10 aromatic carbocycles. The van der Waals surface area contributed by atoms with Gasteiger partial charge in [0.1, 0.15) is 0 Å². The summed E-state index contributed by atoms with van der Waals surface area (Å²) < 4.78 is 5.60. The quantitative estimate of drug-likeness (QED) is 0.153. The average molecular weight is 1060 g/mol. The van der Waals surface area contributed by atoms with Gasteiger partial charge in [0, 0.05) is 43.8 Å². The maximum atomic E-state index is 2.82. The van der Waals surface area contributed by atoms with Crippen molar-refractivity contribution in [1.29, 1.82) is 0 Å². The first kappa shape index (κ1) is 49.9. The van der Waals surface area contributed by atoms with Gasteiger partial charge < -0.3 is 9.13 Å². The van der Waals surface area contributed by atoms with Gasteiger partial charge in [0.2, 0.25) is 0 Å². The van der Waals surface area contributed by atoms with E-state index in [1.807, 2.05) is 0 Å². The van der Waals surface area contributed by atoms with Gasteiger partial charge in [0.05, 0.1) is 22.1 Å². The van der Waals surface area contributed by atoms with Gasteiger partial charge in [0.15, 0.2) is 0 Å². The number of benzene rings is 10. The van der Waals surface area contributed by atoms with Crippen LogP contribution in [0.1, 0.15) is 154 Å². The summed E-state index contributed by atoms with van der Waals surface area (Å²) in [7, 11) is 0. The summed E-state index contributed by atoms with van der Waals surface area (Å²) in [6.45, 7) is 35.7. The van der Waals surface area contributed by atoms with Crippen molar-refractivity contribution in [1.82, 2.24) is 9.13 Å². The smallest absolute Gasteiger partial charge is 0.252 e. The van der Waals surface area contributed by atoms with Crippen LogP contribution in [-0.2, 0) is 32.5 Å². The highest BCUT2D eigenvalue weighted by Gasteiger charge is 2.55. The summed E-state index contributed by atoms with van der Waals surface area (Å²) in [6, 6.07) is 68.4. The van der Waals surface area contributed by atoms with E-state index in [4.69, 9.17) is 0 Å². The Hall–Kier alpha value is -7.88. The third-order valence-corrected chi connectivity index (χ3v) is 20.0. The van der Waals surface area contributed by atoms with Crippen molar-refractivity contribution in [2.75, 3.05) is 0 Å². The van der Waals surface area contributed by atoms with Crippen LogP contribution in [0.2, 0.25) is 0 Å². The number of hydrogen-bond donors (Lipinski definition) is 0. The molecule has 0 saturated heterocycles. The van der Waals surface area contributed by atoms with E-state index in [9.17, 15) is 0 Å². The Kier molecular flexibility index (Phi) is 9.62. The van der Waals surface area contributed by atoms with Gasteiger partial charge in [-0.3, -0.25) is 0 Å². The Morgan fingerprint density at radius 3 is 1.38 bits per heavy atom. The zero-order chi connectivity index (χ0) is 56.9. The van der Waals surface area contributed by atoms with E-state index in [0.717, 1.165) is 0 Å². The summed E-state index contributed by atoms with van der Waals surface area (Å²) in [5.74, 6) is 0. The van der Waals surface area contributed by atoms with Crippen molar-refractivity contribution in [2.45, 2.75) is 136 Å². The van der Waals surface area contributed by atoms with Crippen LogP contribution >= 0.6 is 0 Å². The first-order valence-corrected chi connectivity index (χ1v) is 30.2. The molecule has 1 aliphatic carbocycles. The number of nitrogens with zero attached hydrogens (tertiary/aromatic N) is 2. The standard InChI is InChI=1S/C79H73BN2/c1-74(2,3)46-32-30-44(31-33-46)51-26-20-22-45-23-21-27-54(67(45)51)59-43-63-73-68-72(59)81-66-35-34-47(75(4,5)6)36-55(66)56-38-49(77(10,11)12)41-64(70(56)81)80(68)65-42-50(78(13,14)15)39-58-57-37-48(76(7,8)9)40-62(69(57)82(73)71(58)65)79(63)60-28-18-16-24-52(60)53-25-17-19-29-61(53)79/h16-43H,1-15H3. The molecule has 0 radical (unpaired) electrons. The van der Waals surface area contributed by atoms with Gasteiger partial charge in [-0.05, 0) is 169 Å². The van der Waals surface area contributed by atoms with Crippen molar-refractivity contribution in [3.05, 3.63) is 220 Å². The molecule has 0 atom stereocenters.